The summed E-state index contributed by atoms with van der Waals surface area (Å²) in [6.45, 7) is 0. The average Bonchev–Trinajstić information content (AvgIpc) is 3.85. The molecule has 0 saturated heterocycles. The van der Waals surface area contributed by atoms with Crippen molar-refractivity contribution in [1.82, 2.24) is 10.3 Å². The molecule has 0 spiro atoms. The largest absolute Gasteiger partial charge is 0.455 e. The molecule has 10 rings (SSSR count). The van der Waals surface area contributed by atoms with Gasteiger partial charge in [-0.05, 0) is 30.3 Å². The molecular formula is C40H24N4O2S. The van der Waals surface area contributed by atoms with Crippen LogP contribution in [0.4, 0.5) is 0 Å². The Morgan fingerprint density at radius 1 is 0.574 bits per heavy atom. The van der Waals surface area contributed by atoms with E-state index < -0.39 is 0 Å². The zero-order chi connectivity index (χ0) is 30.9. The van der Waals surface area contributed by atoms with E-state index in [0.717, 1.165) is 75.9 Å². The fraction of sp³-hybridized carbons (Fsp3) is 0.0250. The van der Waals surface area contributed by atoms with Gasteiger partial charge in [-0.2, -0.15) is 0 Å². The molecule has 47 heavy (non-hydrogen) atoms. The minimum atomic E-state index is -0.387. The Balaban J connectivity index is 1.17. The number of amidine groups is 2. The van der Waals surface area contributed by atoms with Gasteiger partial charge in [0.15, 0.2) is 11.4 Å². The maximum atomic E-state index is 6.42. The van der Waals surface area contributed by atoms with Crippen molar-refractivity contribution < 1.29 is 8.83 Å². The lowest BCUT2D eigenvalue weighted by Gasteiger charge is -2.24. The summed E-state index contributed by atoms with van der Waals surface area (Å²) in [5.74, 6) is 2.01. The van der Waals surface area contributed by atoms with E-state index in [4.69, 9.17) is 23.8 Å². The molecule has 6 nitrogen and oxygen atoms in total. The first-order valence-electron chi connectivity index (χ1n) is 15.5. The average molecular weight is 625 g/mol. The normalized spacial score (nSPS) is 15.0. The fourth-order valence-corrected chi connectivity index (χ4v) is 7.95. The monoisotopic (exact) mass is 624 g/mol. The van der Waals surface area contributed by atoms with E-state index in [1.54, 1.807) is 11.3 Å². The van der Waals surface area contributed by atoms with Crippen LogP contribution in [-0.4, -0.2) is 16.7 Å². The Morgan fingerprint density at radius 2 is 1.28 bits per heavy atom. The van der Waals surface area contributed by atoms with E-state index in [2.05, 4.69) is 72.0 Å². The summed E-state index contributed by atoms with van der Waals surface area (Å²) in [5.41, 5.74) is 7.16. The summed E-state index contributed by atoms with van der Waals surface area (Å²) in [6.07, 6.45) is -0.387. The molecule has 222 valence electrons. The molecule has 1 aliphatic heterocycles. The fourth-order valence-electron chi connectivity index (χ4n) is 6.61. The molecule has 0 bridgehead atoms. The maximum Gasteiger partial charge on any atom is 0.228 e. The minimum absolute atomic E-state index is 0.387. The number of aromatic nitrogens is 1. The molecule has 9 aromatic rings. The van der Waals surface area contributed by atoms with Crippen molar-refractivity contribution in [3.63, 3.8) is 0 Å². The third kappa shape index (κ3) is 4.14. The molecular weight excluding hydrogens is 601 g/mol. The number of fused-ring (bicyclic) bond motifs is 7. The van der Waals surface area contributed by atoms with Crippen molar-refractivity contribution in [2.24, 2.45) is 9.98 Å². The van der Waals surface area contributed by atoms with Gasteiger partial charge in [0.05, 0.1) is 11.1 Å². The number of thiophene rings is 1. The number of rotatable bonds is 4. The Labute approximate surface area is 272 Å². The number of hydrogen-bond donors (Lipinski definition) is 1. The molecule has 0 aliphatic carbocycles. The summed E-state index contributed by atoms with van der Waals surface area (Å²) < 4.78 is 14.9. The van der Waals surface area contributed by atoms with Gasteiger partial charge in [0.25, 0.3) is 0 Å². The SMILES string of the molecule is c1ccc(C2=NC(c3cccc4c3oc3ccccc34)=NC(c3cccc4c3sc3c(-c5nc6ccccc6o5)cccc34)N2)cc1. The van der Waals surface area contributed by atoms with Crippen molar-refractivity contribution in [3.8, 4) is 11.5 Å². The van der Waals surface area contributed by atoms with Crippen LogP contribution < -0.4 is 5.32 Å². The van der Waals surface area contributed by atoms with Gasteiger partial charge >= 0.3 is 0 Å². The van der Waals surface area contributed by atoms with Gasteiger partial charge in [0.1, 0.15) is 28.7 Å². The van der Waals surface area contributed by atoms with Crippen LogP contribution in [0.5, 0.6) is 0 Å². The van der Waals surface area contributed by atoms with Crippen molar-refractivity contribution in [1.29, 1.82) is 0 Å². The molecule has 0 saturated carbocycles. The van der Waals surface area contributed by atoms with Gasteiger partial charge in [-0.15, -0.1) is 11.3 Å². The third-order valence-electron chi connectivity index (χ3n) is 8.81. The second-order valence-corrected chi connectivity index (χ2v) is 12.6. The van der Waals surface area contributed by atoms with Gasteiger partial charge < -0.3 is 14.2 Å². The molecule has 1 atom stereocenters. The Bertz CT molecular complexity index is 2700. The van der Waals surface area contributed by atoms with Crippen LogP contribution in [0.1, 0.15) is 22.9 Å². The van der Waals surface area contributed by atoms with Gasteiger partial charge in [0.2, 0.25) is 5.89 Å². The number of benzene rings is 6. The summed E-state index contributed by atoms with van der Waals surface area (Å²) in [6, 6.07) is 45.2. The highest BCUT2D eigenvalue weighted by Gasteiger charge is 2.26. The first-order chi connectivity index (χ1) is 23.3. The number of furan rings is 1. The molecule has 6 aromatic carbocycles. The molecule has 0 fully saturated rings. The summed E-state index contributed by atoms with van der Waals surface area (Å²) in [4.78, 5) is 15.2. The van der Waals surface area contributed by atoms with Gasteiger partial charge in [0, 0.05) is 42.1 Å². The number of para-hydroxylation sites is 4. The van der Waals surface area contributed by atoms with Gasteiger partial charge in [-0.3, -0.25) is 0 Å². The van der Waals surface area contributed by atoms with Crippen LogP contribution in [0.25, 0.3) is 64.7 Å². The third-order valence-corrected chi connectivity index (χ3v) is 10.1. The lowest BCUT2D eigenvalue weighted by molar-refractivity contribution is 0.621. The zero-order valence-electron chi connectivity index (χ0n) is 24.8. The lowest BCUT2D eigenvalue weighted by Crippen LogP contribution is -2.33. The lowest BCUT2D eigenvalue weighted by atomic mass is 10.0. The van der Waals surface area contributed by atoms with Gasteiger partial charge in [-0.25, -0.2) is 15.0 Å². The van der Waals surface area contributed by atoms with E-state index in [-0.39, 0.29) is 6.17 Å². The molecule has 1 unspecified atom stereocenters. The van der Waals surface area contributed by atoms with E-state index >= 15 is 0 Å². The second-order valence-electron chi connectivity index (χ2n) is 11.6. The predicted octanol–water partition coefficient (Wildman–Crippen LogP) is 10.3. The van der Waals surface area contributed by atoms with Crippen molar-refractivity contribution >= 4 is 76.2 Å². The summed E-state index contributed by atoms with van der Waals surface area (Å²) in [7, 11) is 0. The molecule has 0 amide bonds. The Hall–Kier alpha value is -6.05. The number of aliphatic imine (C=N–C) groups is 2. The smallest absolute Gasteiger partial charge is 0.228 e. The second kappa shape index (κ2) is 10.2. The first-order valence-corrected chi connectivity index (χ1v) is 16.3. The number of nitrogens with zero attached hydrogens (tertiary/aromatic N) is 3. The van der Waals surface area contributed by atoms with E-state index in [1.165, 1.54) is 5.39 Å². The van der Waals surface area contributed by atoms with E-state index in [1.807, 2.05) is 66.7 Å². The minimum Gasteiger partial charge on any atom is -0.455 e. The van der Waals surface area contributed by atoms with E-state index in [9.17, 15) is 0 Å². The quantitative estimate of drug-likeness (QED) is 0.211. The van der Waals surface area contributed by atoms with Crippen LogP contribution in [0.15, 0.2) is 152 Å². The highest BCUT2D eigenvalue weighted by molar-refractivity contribution is 7.26. The zero-order valence-corrected chi connectivity index (χ0v) is 25.7. The summed E-state index contributed by atoms with van der Waals surface area (Å²) in [5, 5.41) is 8.12. The topological polar surface area (TPSA) is 75.9 Å². The van der Waals surface area contributed by atoms with Crippen LogP contribution in [0, 0.1) is 0 Å². The number of hydrogen-bond acceptors (Lipinski definition) is 7. The molecule has 1 aliphatic rings. The molecule has 7 heteroatoms. The van der Waals surface area contributed by atoms with Crippen molar-refractivity contribution in [2.45, 2.75) is 6.17 Å². The standard InChI is InChI=1S/C40H24N4O2S/c1-2-11-23(12-3-1)37-42-38(28-17-8-14-25-24-13-4-6-21-32(24)45-34(25)28)44-39(43-37)29-18-9-15-26-27-16-10-19-30(36(27)47-35(26)29)40-41-31-20-5-7-22-33(31)46-40/h1-22,39H,(H,42,43,44). The van der Waals surface area contributed by atoms with Crippen molar-refractivity contribution in [3.05, 3.63) is 150 Å². The number of oxazole rings is 1. The summed E-state index contributed by atoms with van der Waals surface area (Å²) >= 11 is 1.75. The number of nitrogens with one attached hydrogen (secondary N) is 1. The molecule has 0 radical (unpaired) electrons. The van der Waals surface area contributed by atoms with Crippen LogP contribution in [0.2, 0.25) is 0 Å². The molecule has 1 N–H and O–H groups in total. The van der Waals surface area contributed by atoms with E-state index in [0.29, 0.717) is 11.7 Å². The molecule has 4 heterocycles. The van der Waals surface area contributed by atoms with Gasteiger partial charge in [-0.1, -0.05) is 103 Å². The Morgan fingerprint density at radius 3 is 2.15 bits per heavy atom. The van der Waals surface area contributed by atoms with Crippen LogP contribution >= 0.6 is 11.3 Å². The molecule has 3 aromatic heterocycles. The van der Waals surface area contributed by atoms with Crippen LogP contribution in [0.3, 0.4) is 0 Å². The Kier molecular flexibility index (Phi) is 5.70. The predicted molar refractivity (Wildman–Crippen MR) is 191 cm³/mol. The first kappa shape index (κ1) is 26.2. The highest BCUT2D eigenvalue weighted by atomic mass is 32.1. The highest BCUT2D eigenvalue weighted by Crippen LogP contribution is 2.43. The van der Waals surface area contributed by atoms with Crippen molar-refractivity contribution in [2.75, 3.05) is 0 Å². The maximum absolute atomic E-state index is 6.42. The van der Waals surface area contributed by atoms with Crippen LogP contribution in [-0.2, 0) is 0 Å².